The second-order valence-electron chi connectivity index (χ2n) is 2.60. The first-order valence-electron chi connectivity index (χ1n) is 3.46. The predicted molar refractivity (Wildman–Crippen MR) is 50.7 cm³/mol. The van der Waals surface area contributed by atoms with Crippen LogP contribution in [0.1, 0.15) is 0 Å². The van der Waals surface area contributed by atoms with E-state index in [2.05, 4.69) is 5.10 Å². The van der Waals surface area contributed by atoms with E-state index in [9.17, 15) is 0 Å². The normalized spacial score (nSPS) is 10.9. The van der Waals surface area contributed by atoms with Crippen LogP contribution < -0.4 is 0 Å². The van der Waals surface area contributed by atoms with Crippen LogP contribution >= 0.6 is 23.2 Å². The number of halogens is 2. The number of hydrogen-bond acceptors (Lipinski definition) is 1. The Hall–Kier alpha value is -0.730. The average molecular weight is 201 g/mol. The van der Waals surface area contributed by atoms with Gasteiger partial charge in [-0.25, -0.2) is 0 Å². The molecule has 0 atom stereocenters. The highest BCUT2D eigenvalue weighted by molar-refractivity contribution is 6.45. The largest absolute Gasteiger partial charge is 0.275 e. The van der Waals surface area contributed by atoms with Gasteiger partial charge in [0, 0.05) is 18.6 Å². The summed E-state index contributed by atoms with van der Waals surface area (Å²) in [4.78, 5) is 0. The SMILES string of the molecule is Cn1cc2c(Cl)c(Cl)ccc2n1. The van der Waals surface area contributed by atoms with E-state index >= 15 is 0 Å². The molecule has 2 nitrogen and oxygen atoms in total. The lowest BCUT2D eigenvalue weighted by molar-refractivity contribution is 0.780. The van der Waals surface area contributed by atoms with Crippen molar-refractivity contribution >= 4 is 34.1 Å². The lowest BCUT2D eigenvalue weighted by atomic mass is 10.2. The summed E-state index contributed by atoms with van der Waals surface area (Å²) in [5.74, 6) is 0. The Balaban J connectivity index is 2.89. The Morgan fingerprint density at radius 1 is 1.33 bits per heavy atom. The van der Waals surface area contributed by atoms with Gasteiger partial charge in [0.15, 0.2) is 0 Å². The zero-order valence-corrected chi connectivity index (χ0v) is 7.89. The molecule has 0 aliphatic carbocycles. The number of nitrogens with zero attached hydrogens (tertiary/aromatic N) is 2. The lowest BCUT2D eigenvalue weighted by Crippen LogP contribution is -1.84. The molecule has 0 saturated carbocycles. The summed E-state index contributed by atoms with van der Waals surface area (Å²) in [6, 6.07) is 3.60. The molecule has 2 aromatic rings. The third kappa shape index (κ3) is 1.08. The fourth-order valence-electron chi connectivity index (χ4n) is 1.15. The van der Waals surface area contributed by atoms with Crippen molar-refractivity contribution in [3.05, 3.63) is 28.4 Å². The summed E-state index contributed by atoms with van der Waals surface area (Å²) >= 11 is 11.8. The second kappa shape index (κ2) is 2.64. The molecule has 0 fully saturated rings. The van der Waals surface area contributed by atoms with Gasteiger partial charge in [-0.15, -0.1) is 0 Å². The summed E-state index contributed by atoms with van der Waals surface area (Å²) in [5, 5.41) is 6.22. The van der Waals surface area contributed by atoms with Crippen LogP contribution in [0, 0.1) is 0 Å². The minimum atomic E-state index is 0.567. The molecule has 0 bridgehead atoms. The van der Waals surface area contributed by atoms with Crippen molar-refractivity contribution in [2.45, 2.75) is 0 Å². The second-order valence-corrected chi connectivity index (χ2v) is 3.38. The van der Waals surface area contributed by atoms with Crippen LogP contribution in [0.3, 0.4) is 0 Å². The van der Waals surface area contributed by atoms with E-state index in [1.165, 1.54) is 0 Å². The van der Waals surface area contributed by atoms with Crippen LogP contribution in [-0.4, -0.2) is 9.78 Å². The molecule has 0 amide bonds. The van der Waals surface area contributed by atoms with Crippen LogP contribution in [0.2, 0.25) is 10.0 Å². The highest BCUT2D eigenvalue weighted by Gasteiger charge is 2.05. The molecule has 1 heterocycles. The number of fused-ring (bicyclic) bond motifs is 1. The van der Waals surface area contributed by atoms with Crippen LogP contribution in [0.5, 0.6) is 0 Å². The van der Waals surface area contributed by atoms with E-state index in [0.717, 1.165) is 10.9 Å². The maximum atomic E-state index is 5.95. The molecule has 62 valence electrons. The summed E-state index contributed by atoms with van der Waals surface area (Å²) in [7, 11) is 1.85. The van der Waals surface area contributed by atoms with E-state index in [4.69, 9.17) is 23.2 Å². The maximum Gasteiger partial charge on any atom is 0.0939 e. The average Bonchev–Trinajstić information content (AvgIpc) is 2.39. The predicted octanol–water partition coefficient (Wildman–Crippen LogP) is 2.88. The third-order valence-corrected chi connectivity index (χ3v) is 2.51. The van der Waals surface area contributed by atoms with Crippen molar-refractivity contribution in [3.8, 4) is 0 Å². The zero-order chi connectivity index (χ0) is 8.72. The van der Waals surface area contributed by atoms with Gasteiger partial charge in [-0.1, -0.05) is 23.2 Å². The van der Waals surface area contributed by atoms with Crippen molar-refractivity contribution in [2.24, 2.45) is 7.05 Å². The molecule has 2 rings (SSSR count). The Kier molecular flexibility index (Phi) is 1.74. The molecule has 0 unspecified atom stereocenters. The minimum Gasteiger partial charge on any atom is -0.275 e. The van der Waals surface area contributed by atoms with E-state index < -0.39 is 0 Å². The van der Waals surface area contributed by atoms with Crippen molar-refractivity contribution in [3.63, 3.8) is 0 Å². The summed E-state index contributed by atoms with van der Waals surface area (Å²) in [6.07, 6.45) is 1.85. The monoisotopic (exact) mass is 200 g/mol. The molecule has 0 saturated heterocycles. The first-order valence-corrected chi connectivity index (χ1v) is 4.21. The molecule has 0 spiro atoms. The third-order valence-electron chi connectivity index (χ3n) is 1.69. The van der Waals surface area contributed by atoms with Gasteiger partial charge >= 0.3 is 0 Å². The Morgan fingerprint density at radius 3 is 2.83 bits per heavy atom. The molecule has 0 aliphatic heterocycles. The first kappa shape index (κ1) is 7.90. The van der Waals surface area contributed by atoms with E-state index in [0.29, 0.717) is 10.0 Å². The van der Waals surface area contributed by atoms with E-state index in [-0.39, 0.29) is 0 Å². The molecule has 0 aliphatic rings. The number of benzene rings is 1. The van der Waals surface area contributed by atoms with E-state index in [1.54, 1.807) is 10.7 Å². The fourth-order valence-corrected chi connectivity index (χ4v) is 1.53. The molecule has 1 aromatic carbocycles. The smallest absolute Gasteiger partial charge is 0.0939 e. The summed E-state index contributed by atoms with van der Waals surface area (Å²) in [6.45, 7) is 0. The molecule has 0 radical (unpaired) electrons. The molecule has 0 N–H and O–H groups in total. The van der Waals surface area contributed by atoms with Gasteiger partial charge in [0.1, 0.15) is 0 Å². The quantitative estimate of drug-likeness (QED) is 0.640. The van der Waals surface area contributed by atoms with Gasteiger partial charge < -0.3 is 0 Å². The number of rotatable bonds is 0. The Morgan fingerprint density at radius 2 is 2.08 bits per heavy atom. The molecule has 4 heteroatoms. The van der Waals surface area contributed by atoms with Gasteiger partial charge in [-0.2, -0.15) is 5.10 Å². The highest BCUT2D eigenvalue weighted by Crippen LogP contribution is 2.29. The lowest BCUT2D eigenvalue weighted by Gasteiger charge is -1.93. The Bertz CT molecular complexity index is 434. The molecular weight excluding hydrogens is 195 g/mol. The standard InChI is InChI=1S/C8H6Cl2N2/c1-12-4-5-7(11-12)3-2-6(9)8(5)10/h2-4H,1H3. The maximum absolute atomic E-state index is 5.95. The van der Waals surface area contributed by atoms with Crippen molar-refractivity contribution in [2.75, 3.05) is 0 Å². The molecule has 12 heavy (non-hydrogen) atoms. The highest BCUT2D eigenvalue weighted by atomic mass is 35.5. The van der Waals surface area contributed by atoms with Crippen molar-refractivity contribution in [1.29, 1.82) is 0 Å². The summed E-state index contributed by atoms with van der Waals surface area (Å²) in [5.41, 5.74) is 0.868. The van der Waals surface area contributed by atoms with E-state index in [1.807, 2.05) is 19.3 Å². The minimum absolute atomic E-state index is 0.567. The molecular formula is C8H6Cl2N2. The van der Waals surface area contributed by atoms with Crippen LogP contribution in [0.4, 0.5) is 0 Å². The zero-order valence-electron chi connectivity index (χ0n) is 6.38. The van der Waals surface area contributed by atoms with Crippen LogP contribution in [0.25, 0.3) is 10.9 Å². The van der Waals surface area contributed by atoms with Crippen molar-refractivity contribution in [1.82, 2.24) is 9.78 Å². The number of aromatic nitrogens is 2. The fraction of sp³-hybridized carbons (Fsp3) is 0.125. The summed E-state index contributed by atoms with van der Waals surface area (Å²) < 4.78 is 1.72. The first-order chi connectivity index (χ1) is 5.68. The Labute approximate surface area is 79.7 Å². The topological polar surface area (TPSA) is 17.8 Å². The van der Waals surface area contributed by atoms with Gasteiger partial charge in [-0.3, -0.25) is 4.68 Å². The van der Waals surface area contributed by atoms with Gasteiger partial charge in [0.2, 0.25) is 0 Å². The molecule has 1 aromatic heterocycles. The van der Waals surface area contributed by atoms with Crippen LogP contribution in [-0.2, 0) is 7.05 Å². The van der Waals surface area contributed by atoms with Crippen molar-refractivity contribution < 1.29 is 0 Å². The van der Waals surface area contributed by atoms with Crippen LogP contribution in [0.15, 0.2) is 18.3 Å². The van der Waals surface area contributed by atoms with Gasteiger partial charge in [0.05, 0.1) is 15.6 Å². The number of hydrogen-bond donors (Lipinski definition) is 0. The van der Waals surface area contributed by atoms with Gasteiger partial charge in [-0.05, 0) is 12.1 Å². The number of aryl methyl sites for hydroxylation is 1. The van der Waals surface area contributed by atoms with Gasteiger partial charge in [0.25, 0.3) is 0 Å².